The third-order valence-corrected chi connectivity index (χ3v) is 5.19. The second-order valence-electron chi connectivity index (χ2n) is 7.52. The van der Waals surface area contributed by atoms with E-state index in [0.717, 1.165) is 6.42 Å². The molecule has 1 saturated carbocycles. The van der Waals surface area contributed by atoms with Crippen LogP contribution in [-0.2, 0) is 16.0 Å². The molecule has 3 rings (SSSR count). The summed E-state index contributed by atoms with van der Waals surface area (Å²) in [6.45, 7) is 2.77. The van der Waals surface area contributed by atoms with Crippen LogP contribution in [0, 0.1) is 29.0 Å². The molecule has 8 nitrogen and oxygen atoms in total. The third kappa shape index (κ3) is 5.14. The minimum Gasteiger partial charge on any atom is -0.382 e. The van der Waals surface area contributed by atoms with Gasteiger partial charge in [0.2, 0.25) is 11.8 Å². The van der Waals surface area contributed by atoms with Gasteiger partial charge in [-0.1, -0.05) is 6.92 Å². The number of halogens is 1. The maximum absolute atomic E-state index is 13.1. The van der Waals surface area contributed by atoms with Crippen LogP contribution in [0.2, 0.25) is 0 Å². The molecule has 1 heterocycles. The lowest BCUT2D eigenvalue weighted by Crippen LogP contribution is -2.32. The Kier molecular flexibility index (Phi) is 6.67. The largest absolute Gasteiger partial charge is 0.382 e. The van der Waals surface area contributed by atoms with Crippen LogP contribution in [0.15, 0.2) is 24.3 Å². The molecule has 158 valence electrons. The number of nitrogens with zero attached hydrogens (tertiary/aromatic N) is 3. The topological polar surface area (TPSA) is 126 Å². The monoisotopic (exact) mass is 412 g/mol. The van der Waals surface area contributed by atoms with Gasteiger partial charge in [0.05, 0.1) is 11.4 Å². The van der Waals surface area contributed by atoms with Crippen LogP contribution in [-0.4, -0.2) is 34.7 Å². The van der Waals surface area contributed by atoms with Crippen molar-refractivity contribution in [1.82, 2.24) is 20.4 Å². The van der Waals surface area contributed by atoms with E-state index < -0.39 is 0 Å². The molecule has 9 heteroatoms. The number of aromatic nitrogens is 2. The molecule has 1 aromatic heterocycles. The molecule has 2 unspecified atom stereocenters. The SMILES string of the molecule is CC1CC1C(=O)NCCC(=O)NCCCc1nn(-c2ccc(F)cc2)c(N)c1C#N. The average molecular weight is 412 g/mol. The number of nitrogen functional groups attached to an aromatic ring is 1. The van der Waals surface area contributed by atoms with E-state index in [2.05, 4.69) is 21.8 Å². The van der Waals surface area contributed by atoms with Gasteiger partial charge in [0.15, 0.2) is 0 Å². The van der Waals surface area contributed by atoms with Crippen LogP contribution in [0.5, 0.6) is 0 Å². The van der Waals surface area contributed by atoms with Crippen molar-refractivity contribution >= 4 is 17.6 Å². The number of benzene rings is 1. The second-order valence-corrected chi connectivity index (χ2v) is 7.52. The predicted octanol–water partition coefficient (Wildman–Crippen LogP) is 1.68. The highest BCUT2D eigenvalue weighted by atomic mass is 19.1. The summed E-state index contributed by atoms with van der Waals surface area (Å²) in [6.07, 6.45) is 2.18. The average Bonchev–Trinajstić information content (AvgIpc) is 3.37. The van der Waals surface area contributed by atoms with Gasteiger partial charge in [0.25, 0.3) is 0 Å². The molecule has 2 amide bonds. The van der Waals surface area contributed by atoms with Gasteiger partial charge in [0, 0.05) is 25.4 Å². The van der Waals surface area contributed by atoms with Crippen LogP contribution in [0.1, 0.15) is 37.4 Å². The number of amides is 2. The minimum atomic E-state index is -0.373. The zero-order valence-corrected chi connectivity index (χ0v) is 16.8. The van der Waals surface area contributed by atoms with Gasteiger partial charge < -0.3 is 16.4 Å². The van der Waals surface area contributed by atoms with Crippen molar-refractivity contribution in [2.24, 2.45) is 11.8 Å². The van der Waals surface area contributed by atoms with Crippen LogP contribution in [0.4, 0.5) is 10.2 Å². The minimum absolute atomic E-state index is 0.0219. The number of nitrogens with two attached hydrogens (primary N) is 1. The number of hydrogen-bond donors (Lipinski definition) is 3. The molecular formula is C21H25FN6O2. The lowest BCUT2D eigenvalue weighted by Gasteiger charge is -2.06. The molecule has 4 N–H and O–H groups in total. The molecule has 0 radical (unpaired) electrons. The first kappa shape index (κ1) is 21.3. The molecule has 1 fully saturated rings. The van der Waals surface area contributed by atoms with Crippen molar-refractivity contribution in [2.45, 2.75) is 32.6 Å². The molecule has 1 aliphatic rings. The smallest absolute Gasteiger partial charge is 0.223 e. The zero-order chi connectivity index (χ0) is 21.7. The van der Waals surface area contributed by atoms with Crippen LogP contribution < -0.4 is 16.4 Å². The summed E-state index contributed by atoms with van der Waals surface area (Å²) in [5.41, 5.74) is 7.40. The fourth-order valence-electron chi connectivity index (χ4n) is 3.24. The van der Waals surface area contributed by atoms with Crippen molar-refractivity contribution in [3.63, 3.8) is 0 Å². The van der Waals surface area contributed by atoms with Gasteiger partial charge >= 0.3 is 0 Å². The third-order valence-electron chi connectivity index (χ3n) is 5.19. The number of aryl methyl sites for hydroxylation is 1. The Morgan fingerprint density at radius 3 is 2.63 bits per heavy atom. The van der Waals surface area contributed by atoms with Crippen molar-refractivity contribution in [1.29, 1.82) is 5.26 Å². The van der Waals surface area contributed by atoms with E-state index in [-0.39, 0.29) is 41.4 Å². The first-order chi connectivity index (χ1) is 14.4. The van der Waals surface area contributed by atoms with E-state index >= 15 is 0 Å². The second kappa shape index (κ2) is 9.39. The molecule has 0 spiro atoms. The van der Waals surface area contributed by atoms with E-state index in [1.807, 2.05) is 6.92 Å². The van der Waals surface area contributed by atoms with Gasteiger partial charge in [0.1, 0.15) is 23.3 Å². The predicted molar refractivity (Wildman–Crippen MR) is 109 cm³/mol. The highest BCUT2D eigenvalue weighted by Gasteiger charge is 2.38. The van der Waals surface area contributed by atoms with Crippen molar-refractivity contribution in [3.05, 3.63) is 41.3 Å². The normalized spacial score (nSPS) is 17.2. The molecule has 0 aliphatic heterocycles. The van der Waals surface area contributed by atoms with E-state index in [4.69, 9.17) is 5.73 Å². The van der Waals surface area contributed by atoms with E-state index in [0.29, 0.717) is 43.2 Å². The number of anilines is 1. The number of nitrogens with one attached hydrogen (secondary N) is 2. The van der Waals surface area contributed by atoms with Gasteiger partial charge in [-0.15, -0.1) is 0 Å². The summed E-state index contributed by atoms with van der Waals surface area (Å²) in [4.78, 5) is 23.6. The number of nitriles is 1. The summed E-state index contributed by atoms with van der Waals surface area (Å²) in [7, 11) is 0. The lowest BCUT2D eigenvalue weighted by atomic mass is 10.1. The fraction of sp³-hybridized carbons (Fsp3) is 0.429. The molecule has 2 aromatic rings. The van der Waals surface area contributed by atoms with Crippen LogP contribution in [0.3, 0.4) is 0 Å². The Morgan fingerprint density at radius 1 is 1.30 bits per heavy atom. The van der Waals surface area contributed by atoms with Crippen LogP contribution in [0.25, 0.3) is 5.69 Å². The summed E-state index contributed by atoms with van der Waals surface area (Å²) in [5.74, 6) is 0.249. The highest BCUT2D eigenvalue weighted by Crippen LogP contribution is 2.37. The number of hydrogen-bond acceptors (Lipinski definition) is 5. The molecular weight excluding hydrogens is 387 g/mol. The number of carbonyl (C=O) groups is 2. The van der Waals surface area contributed by atoms with E-state index in [9.17, 15) is 19.2 Å². The molecule has 0 saturated heterocycles. The summed E-state index contributed by atoms with van der Waals surface area (Å²) in [5, 5.41) is 19.4. The van der Waals surface area contributed by atoms with Gasteiger partial charge in [-0.3, -0.25) is 9.59 Å². The summed E-state index contributed by atoms with van der Waals surface area (Å²) < 4.78 is 14.5. The van der Waals surface area contributed by atoms with E-state index in [1.54, 1.807) is 0 Å². The fourth-order valence-corrected chi connectivity index (χ4v) is 3.24. The summed E-state index contributed by atoms with van der Waals surface area (Å²) >= 11 is 0. The maximum Gasteiger partial charge on any atom is 0.223 e. The molecule has 2 atom stereocenters. The van der Waals surface area contributed by atoms with Crippen molar-refractivity contribution in [2.75, 3.05) is 18.8 Å². The lowest BCUT2D eigenvalue weighted by molar-refractivity contribution is -0.123. The highest BCUT2D eigenvalue weighted by molar-refractivity contribution is 5.82. The van der Waals surface area contributed by atoms with E-state index in [1.165, 1.54) is 28.9 Å². The van der Waals surface area contributed by atoms with Crippen molar-refractivity contribution in [3.8, 4) is 11.8 Å². The molecule has 1 aromatic carbocycles. The molecule has 30 heavy (non-hydrogen) atoms. The van der Waals surface area contributed by atoms with Crippen molar-refractivity contribution < 1.29 is 14.0 Å². The van der Waals surface area contributed by atoms with Gasteiger partial charge in [-0.05, 0) is 49.4 Å². The van der Waals surface area contributed by atoms with Gasteiger partial charge in [-0.25, -0.2) is 9.07 Å². The quantitative estimate of drug-likeness (QED) is 0.540. The Bertz CT molecular complexity index is 963. The standard InChI is InChI=1S/C21H25FN6O2/c1-13-11-16(13)21(30)26-10-8-19(29)25-9-2-3-18-17(12-23)20(24)28(27-18)15-6-4-14(22)5-7-15/h4-7,13,16H,2-3,8-11,24H2,1H3,(H,25,29)(H,26,30). The summed E-state index contributed by atoms with van der Waals surface area (Å²) in [6, 6.07) is 7.72. The van der Waals surface area contributed by atoms with Crippen LogP contribution >= 0.6 is 0 Å². The Balaban J connectivity index is 1.44. The Hall–Kier alpha value is -3.41. The molecule has 1 aliphatic carbocycles. The number of carbonyl (C=O) groups excluding carboxylic acids is 2. The number of rotatable bonds is 9. The first-order valence-corrected chi connectivity index (χ1v) is 9.98. The van der Waals surface area contributed by atoms with Gasteiger partial charge in [-0.2, -0.15) is 10.4 Å². The first-order valence-electron chi connectivity index (χ1n) is 9.98. The zero-order valence-electron chi connectivity index (χ0n) is 16.8. The Morgan fingerprint density at radius 2 is 2.00 bits per heavy atom. The maximum atomic E-state index is 13.1. The molecule has 0 bridgehead atoms. The Labute approximate surface area is 174 Å².